The molecule has 90 valence electrons. The van der Waals surface area contributed by atoms with Crippen molar-refractivity contribution in [3.8, 4) is 0 Å². The largest absolute Gasteiger partial charge is 0.416 e. The van der Waals surface area contributed by atoms with Crippen molar-refractivity contribution in [3.05, 3.63) is 29.8 Å². The molecule has 0 heterocycles. The maximum atomic E-state index is 12.3. The van der Waals surface area contributed by atoms with Crippen molar-refractivity contribution in [3.63, 3.8) is 0 Å². The van der Waals surface area contributed by atoms with Crippen LogP contribution in [-0.2, 0) is 6.18 Å². The van der Waals surface area contributed by atoms with Crippen LogP contribution in [0.4, 0.5) is 18.9 Å². The molecule has 0 amide bonds. The fourth-order valence-corrected chi connectivity index (χ4v) is 1.36. The maximum absolute atomic E-state index is 12.3. The van der Waals surface area contributed by atoms with Crippen molar-refractivity contribution in [1.82, 2.24) is 0 Å². The minimum Gasteiger partial charge on any atom is -0.371 e. The molecule has 0 aliphatic heterocycles. The molecule has 16 heavy (non-hydrogen) atoms. The van der Waals surface area contributed by atoms with Gasteiger partial charge in [-0.25, -0.2) is 0 Å². The standard InChI is InChI=1S/C11H14F3NS/c1-10(2,16-3)15-9-6-4-8(5-7-9)11(12,13)14/h4-7,15H,1-3H3. The summed E-state index contributed by atoms with van der Waals surface area (Å²) in [5.41, 5.74) is 0.0624. The third-order valence-corrected chi connectivity index (χ3v) is 3.29. The number of halogens is 3. The predicted molar refractivity (Wildman–Crippen MR) is 62.7 cm³/mol. The number of anilines is 1. The Bertz CT molecular complexity index is 343. The fraction of sp³-hybridized carbons (Fsp3) is 0.455. The molecule has 0 spiro atoms. The summed E-state index contributed by atoms with van der Waals surface area (Å²) in [6.45, 7) is 3.94. The lowest BCUT2D eigenvalue weighted by molar-refractivity contribution is -0.137. The van der Waals surface area contributed by atoms with Crippen molar-refractivity contribution < 1.29 is 13.2 Å². The van der Waals surface area contributed by atoms with Gasteiger partial charge < -0.3 is 5.32 Å². The van der Waals surface area contributed by atoms with Crippen LogP contribution < -0.4 is 5.32 Å². The third kappa shape index (κ3) is 3.63. The van der Waals surface area contributed by atoms with E-state index in [1.165, 1.54) is 12.1 Å². The van der Waals surface area contributed by atoms with E-state index in [-0.39, 0.29) is 4.87 Å². The monoisotopic (exact) mass is 249 g/mol. The van der Waals surface area contributed by atoms with E-state index in [9.17, 15) is 13.2 Å². The van der Waals surface area contributed by atoms with Gasteiger partial charge in [0.05, 0.1) is 10.4 Å². The molecule has 0 fully saturated rings. The molecule has 1 aromatic rings. The van der Waals surface area contributed by atoms with Gasteiger partial charge >= 0.3 is 6.18 Å². The molecule has 0 radical (unpaired) electrons. The van der Waals surface area contributed by atoms with Gasteiger partial charge in [0.25, 0.3) is 0 Å². The Morgan fingerprint density at radius 1 is 1.06 bits per heavy atom. The molecule has 0 aromatic heterocycles. The number of nitrogens with one attached hydrogen (secondary N) is 1. The van der Waals surface area contributed by atoms with Crippen LogP contribution in [0.5, 0.6) is 0 Å². The van der Waals surface area contributed by atoms with Crippen LogP contribution in [0.1, 0.15) is 19.4 Å². The van der Waals surface area contributed by atoms with Crippen molar-refractivity contribution in [2.45, 2.75) is 24.9 Å². The minimum atomic E-state index is -4.27. The first-order valence-electron chi connectivity index (χ1n) is 4.75. The molecule has 1 nitrogen and oxygen atoms in total. The van der Waals surface area contributed by atoms with Crippen molar-refractivity contribution >= 4 is 17.4 Å². The Morgan fingerprint density at radius 3 is 1.94 bits per heavy atom. The zero-order chi connectivity index (χ0) is 12.4. The molecule has 1 rings (SSSR count). The van der Waals surface area contributed by atoms with Crippen LogP contribution >= 0.6 is 11.8 Å². The summed E-state index contributed by atoms with van der Waals surface area (Å²) >= 11 is 1.60. The molecule has 0 saturated heterocycles. The summed E-state index contributed by atoms with van der Waals surface area (Å²) in [6, 6.07) is 5.05. The third-order valence-electron chi connectivity index (χ3n) is 2.17. The number of hydrogen-bond donors (Lipinski definition) is 1. The normalized spacial score (nSPS) is 12.6. The van der Waals surface area contributed by atoms with E-state index in [2.05, 4.69) is 5.32 Å². The van der Waals surface area contributed by atoms with Gasteiger partial charge in [0.1, 0.15) is 0 Å². The highest BCUT2D eigenvalue weighted by Gasteiger charge is 2.30. The van der Waals surface area contributed by atoms with Crippen molar-refractivity contribution in [1.29, 1.82) is 0 Å². The molecule has 0 atom stereocenters. The zero-order valence-electron chi connectivity index (χ0n) is 9.35. The Hall–Kier alpha value is -0.840. The lowest BCUT2D eigenvalue weighted by Crippen LogP contribution is -2.25. The second-order valence-electron chi connectivity index (χ2n) is 3.91. The summed E-state index contributed by atoms with van der Waals surface area (Å²) < 4.78 is 36.9. The first kappa shape index (κ1) is 13.2. The molecule has 5 heteroatoms. The summed E-state index contributed by atoms with van der Waals surface area (Å²) in [4.78, 5) is -0.195. The van der Waals surface area contributed by atoms with Crippen LogP contribution in [0.25, 0.3) is 0 Å². The van der Waals surface area contributed by atoms with Crippen molar-refractivity contribution in [2.75, 3.05) is 11.6 Å². The first-order chi connectivity index (χ1) is 7.24. The highest BCUT2D eigenvalue weighted by molar-refractivity contribution is 8.00. The van der Waals surface area contributed by atoms with Gasteiger partial charge in [-0.3, -0.25) is 0 Å². The molecule has 0 aliphatic carbocycles. The van der Waals surface area contributed by atoms with E-state index in [1.807, 2.05) is 20.1 Å². The summed E-state index contributed by atoms with van der Waals surface area (Å²) in [5, 5.41) is 3.14. The average molecular weight is 249 g/mol. The predicted octanol–water partition coefficient (Wildman–Crippen LogP) is 4.22. The Kier molecular flexibility index (Phi) is 3.78. The Morgan fingerprint density at radius 2 is 1.56 bits per heavy atom. The Balaban J connectivity index is 2.80. The van der Waals surface area contributed by atoms with Gasteiger partial charge in [-0.1, -0.05) is 0 Å². The lowest BCUT2D eigenvalue weighted by atomic mass is 10.2. The molecule has 1 N–H and O–H groups in total. The van der Waals surface area contributed by atoms with Crippen LogP contribution in [0.3, 0.4) is 0 Å². The van der Waals surface area contributed by atoms with E-state index in [1.54, 1.807) is 11.8 Å². The Labute approximate surface area is 97.4 Å². The van der Waals surface area contributed by atoms with Crippen LogP contribution in [0.15, 0.2) is 24.3 Å². The molecular formula is C11H14F3NS. The SMILES string of the molecule is CSC(C)(C)Nc1ccc(C(F)(F)F)cc1. The molecule has 1 aromatic carbocycles. The van der Waals surface area contributed by atoms with Crippen molar-refractivity contribution in [2.24, 2.45) is 0 Å². The number of thioether (sulfide) groups is 1. The van der Waals surface area contributed by atoms with E-state index in [0.717, 1.165) is 12.1 Å². The number of hydrogen-bond acceptors (Lipinski definition) is 2. The summed E-state index contributed by atoms with van der Waals surface area (Å²) in [5.74, 6) is 0. The molecule has 0 bridgehead atoms. The lowest BCUT2D eigenvalue weighted by Gasteiger charge is -2.25. The number of benzene rings is 1. The number of alkyl halides is 3. The minimum absolute atomic E-state index is 0.195. The second kappa shape index (κ2) is 4.57. The molecule has 0 aliphatic rings. The highest BCUT2D eigenvalue weighted by Crippen LogP contribution is 2.31. The van der Waals surface area contributed by atoms with Gasteiger partial charge in [-0.2, -0.15) is 13.2 Å². The summed E-state index contributed by atoms with van der Waals surface area (Å²) in [7, 11) is 0. The van der Waals surface area contributed by atoms with Gasteiger partial charge in [0.15, 0.2) is 0 Å². The molecule has 0 unspecified atom stereocenters. The molecular weight excluding hydrogens is 235 g/mol. The van der Waals surface area contributed by atoms with Crippen LogP contribution in [-0.4, -0.2) is 11.1 Å². The second-order valence-corrected chi connectivity index (χ2v) is 5.34. The maximum Gasteiger partial charge on any atom is 0.416 e. The molecule has 0 saturated carbocycles. The van der Waals surface area contributed by atoms with Crippen LogP contribution in [0.2, 0.25) is 0 Å². The fourth-order valence-electron chi connectivity index (χ4n) is 1.14. The van der Waals surface area contributed by atoms with Crippen LogP contribution in [0, 0.1) is 0 Å². The quantitative estimate of drug-likeness (QED) is 0.805. The van der Waals surface area contributed by atoms with E-state index < -0.39 is 11.7 Å². The van der Waals surface area contributed by atoms with E-state index in [4.69, 9.17) is 0 Å². The van der Waals surface area contributed by atoms with Gasteiger partial charge in [-0.05, 0) is 44.4 Å². The zero-order valence-corrected chi connectivity index (χ0v) is 10.2. The topological polar surface area (TPSA) is 12.0 Å². The highest BCUT2D eigenvalue weighted by atomic mass is 32.2. The average Bonchev–Trinajstić information content (AvgIpc) is 2.16. The summed E-state index contributed by atoms with van der Waals surface area (Å²) in [6.07, 6.45) is -2.33. The van der Waals surface area contributed by atoms with Gasteiger partial charge in [0.2, 0.25) is 0 Å². The smallest absolute Gasteiger partial charge is 0.371 e. The van der Waals surface area contributed by atoms with E-state index >= 15 is 0 Å². The first-order valence-corrected chi connectivity index (χ1v) is 5.98. The number of rotatable bonds is 3. The van der Waals surface area contributed by atoms with Gasteiger partial charge in [-0.15, -0.1) is 11.8 Å². The van der Waals surface area contributed by atoms with E-state index in [0.29, 0.717) is 5.69 Å². The van der Waals surface area contributed by atoms with Gasteiger partial charge in [0, 0.05) is 5.69 Å².